The van der Waals surface area contributed by atoms with Crippen LogP contribution in [0.15, 0.2) is 29.6 Å². The fourth-order valence-electron chi connectivity index (χ4n) is 3.63. The Bertz CT molecular complexity index is 769. The van der Waals surface area contributed by atoms with Crippen molar-refractivity contribution in [1.82, 2.24) is 15.2 Å². The van der Waals surface area contributed by atoms with E-state index in [1.54, 1.807) is 23.5 Å². The van der Waals surface area contributed by atoms with Crippen molar-refractivity contribution in [3.8, 4) is 11.3 Å². The number of amides is 1. The highest BCUT2D eigenvalue weighted by molar-refractivity contribution is 7.09. The third kappa shape index (κ3) is 3.95. The van der Waals surface area contributed by atoms with Crippen LogP contribution in [0.3, 0.4) is 0 Å². The molecule has 0 bridgehead atoms. The molecule has 3 heterocycles. The molecule has 0 aliphatic carbocycles. The highest BCUT2D eigenvalue weighted by Gasteiger charge is 2.38. The number of carbonyl (C=O) groups is 1. The van der Waals surface area contributed by atoms with Gasteiger partial charge in [0.25, 0.3) is 0 Å². The molecule has 2 aliphatic heterocycles. The Kier molecular flexibility index (Phi) is 5.02. The number of nitrogens with zero attached hydrogens (tertiary/aromatic N) is 2. The Morgan fingerprint density at radius 3 is 2.81 bits per heavy atom. The van der Waals surface area contributed by atoms with Gasteiger partial charge in [-0.1, -0.05) is 0 Å². The first kappa shape index (κ1) is 17.6. The van der Waals surface area contributed by atoms with Crippen molar-refractivity contribution in [3.63, 3.8) is 0 Å². The zero-order valence-electron chi connectivity index (χ0n) is 14.5. The zero-order valence-corrected chi connectivity index (χ0v) is 15.4. The van der Waals surface area contributed by atoms with Crippen LogP contribution in [0.4, 0.5) is 4.39 Å². The lowest BCUT2D eigenvalue weighted by Gasteiger charge is -2.40. The molecule has 1 amide bonds. The van der Waals surface area contributed by atoms with E-state index in [-0.39, 0.29) is 17.3 Å². The van der Waals surface area contributed by atoms with Crippen molar-refractivity contribution in [2.45, 2.75) is 31.4 Å². The third-order valence-electron chi connectivity index (χ3n) is 5.13. The Balaban J connectivity index is 1.36. The number of halogens is 1. The second-order valence-corrected chi connectivity index (χ2v) is 7.91. The van der Waals surface area contributed by atoms with Gasteiger partial charge in [0.15, 0.2) is 0 Å². The summed E-state index contributed by atoms with van der Waals surface area (Å²) >= 11 is 1.63. The van der Waals surface area contributed by atoms with Gasteiger partial charge in [-0.05, 0) is 37.1 Å². The van der Waals surface area contributed by atoms with Crippen molar-refractivity contribution in [3.05, 3.63) is 40.5 Å². The van der Waals surface area contributed by atoms with Crippen LogP contribution >= 0.6 is 11.3 Å². The molecule has 1 aromatic heterocycles. The minimum atomic E-state index is -0.292. The number of hydrogen-bond acceptors (Lipinski definition) is 5. The molecule has 2 aliphatic rings. The number of nitrogens with one attached hydrogen (secondary N) is 1. The first-order valence-electron chi connectivity index (χ1n) is 8.95. The molecule has 1 spiro atoms. The molecule has 138 valence electrons. The monoisotopic (exact) mass is 375 g/mol. The van der Waals surface area contributed by atoms with Gasteiger partial charge in [0.05, 0.1) is 30.9 Å². The van der Waals surface area contributed by atoms with Gasteiger partial charge < -0.3 is 10.1 Å². The van der Waals surface area contributed by atoms with Gasteiger partial charge in [-0.25, -0.2) is 9.37 Å². The SMILES string of the molecule is O=C1CC2(CCN(Cc3nc(-c4ccc(F)cc4)cs3)CC2)OCCN1. The Hall–Kier alpha value is -1.83. The molecule has 0 atom stereocenters. The average Bonchev–Trinajstić information content (AvgIpc) is 3.02. The van der Waals surface area contributed by atoms with Crippen molar-refractivity contribution in [1.29, 1.82) is 0 Å². The molecule has 0 unspecified atom stereocenters. The summed E-state index contributed by atoms with van der Waals surface area (Å²) in [7, 11) is 0. The molecule has 4 rings (SSSR count). The second kappa shape index (κ2) is 7.42. The van der Waals surface area contributed by atoms with Crippen LogP contribution in [-0.4, -0.2) is 47.6 Å². The largest absolute Gasteiger partial charge is 0.373 e. The van der Waals surface area contributed by atoms with E-state index in [0.29, 0.717) is 19.6 Å². The first-order chi connectivity index (χ1) is 12.6. The molecule has 2 saturated heterocycles. The normalized spacial score (nSPS) is 20.7. The summed E-state index contributed by atoms with van der Waals surface area (Å²) in [6.45, 7) is 3.81. The number of rotatable bonds is 3. The third-order valence-corrected chi connectivity index (χ3v) is 5.97. The molecule has 5 nitrogen and oxygen atoms in total. The minimum absolute atomic E-state index is 0.0970. The van der Waals surface area contributed by atoms with Crippen LogP contribution < -0.4 is 5.32 Å². The van der Waals surface area contributed by atoms with Crippen molar-refractivity contribution >= 4 is 17.2 Å². The quantitative estimate of drug-likeness (QED) is 0.896. The predicted octanol–water partition coefficient (Wildman–Crippen LogP) is 2.82. The van der Waals surface area contributed by atoms with Gasteiger partial charge in [-0.15, -0.1) is 11.3 Å². The van der Waals surface area contributed by atoms with Gasteiger partial charge in [0.2, 0.25) is 5.91 Å². The highest BCUT2D eigenvalue weighted by Crippen LogP contribution is 2.32. The lowest BCUT2D eigenvalue weighted by atomic mass is 9.87. The van der Waals surface area contributed by atoms with E-state index in [1.165, 1.54) is 12.1 Å². The predicted molar refractivity (Wildman–Crippen MR) is 98.3 cm³/mol. The summed E-state index contributed by atoms with van der Waals surface area (Å²) in [5.74, 6) is -0.138. The summed E-state index contributed by atoms with van der Waals surface area (Å²) < 4.78 is 19.1. The molecule has 1 N–H and O–H groups in total. The Labute approximate surface area is 156 Å². The van der Waals surface area contributed by atoms with Crippen LogP contribution in [-0.2, 0) is 16.1 Å². The number of piperidine rings is 1. The number of likely N-dealkylation sites (tertiary alicyclic amines) is 1. The van der Waals surface area contributed by atoms with E-state index in [4.69, 9.17) is 9.72 Å². The standard InChI is InChI=1S/C19H22FN3O2S/c20-15-3-1-14(2-4-15)16-13-26-18(22-16)12-23-8-5-19(6-9-23)11-17(24)21-7-10-25-19/h1-4,13H,5-12H2,(H,21,24). The van der Waals surface area contributed by atoms with Gasteiger partial charge >= 0.3 is 0 Å². The number of aromatic nitrogens is 1. The van der Waals surface area contributed by atoms with Crippen molar-refractivity contribution < 1.29 is 13.9 Å². The number of ether oxygens (including phenoxy) is 1. The van der Waals surface area contributed by atoms with E-state index in [0.717, 1.165) is 48.7 Å². The molecular formula is C19H22FN3O2S. The number of hydrogen-bond donors (Lipinski definition) is 1. The van der Waals surface area contributed by atoms with E-state index in [2.05, 4.69) is 10.2 Å². The lowest BCUT2D eigenvalue weighted by Crippen LogP contribution is -2.46. The number of thiazole rings is 1. The van der Waals surface area contributed by atoms with E-state index in [9.17, 15) is 9.18 Å². The topological polar surface area (TPSA) is 54.5 Å². The Morgan fingerprint density at radius 2 is 2.04 bits per heavy atom. The molecule has 26 heavy (non-hydrogen) atoms. The Morgan fingerprint density at radius 1 is 1.27 bits per heavy atom. The molecule has 7 heteroatoms. The van der Waals surface area contributed by atoms with Crippen LogP contribution in [0.5, 0.6) is 0 Å². The van der Waals surface area contributed by atoms with Crippen LogP contribution in [0.25, 0.3) is 11.3 Å². The highest BCUT2D eigenvalue weighted by atomic mass is 32.1. The van der Waals surface area contributed by atoms with E-state index in [1.807, 2.05) is 5.38 Å². The van der Waals surface area contributed by atoms with Crippen LogP contribution in [0.1, 0.15) is 24.3 Å². The summed E-state index contributed by atoms with van der Waals surface area (Å²) in [4.78, 5) is 18.9. The zero-order chi connectivity index (χ0) is 18.0. The molecule has 2 fully saturated rings. The van der Waals surface area contributed by atoms with Crippen molar-refractivity contribution in [2.24, 2.45) is 0 Å². The first-order valence-corrected chi connectivity index (χ1v) is 9.83. The summed E-state index contributed by atoms with van der Waals surface area (Å²) in [6.07, 6.45) is 2.21. The molecule has 2 aromatic rings. The maximum atomic E-state index is 13.1. The minimum Gasteiger partial charge on any atom is -0.373 e. The fraction of sp³-hybridized carbons (Fsp3) is 0.474. The van der Waals surface area contributed by atoms with Crippen LogP contribution in [0.2, 0.25) is 0 Å². The van der Waals surface area contributed by atoms with E-state index < -0.39 is 0 Å². The van der Waals surface area contributed by atoms with Crippen LogP contribution in [0, 0.1) is 5.82 Å². The van der Waals surface area contributed by atoms with Crippen molar-refractivity contribution in [2.75, 3.05) is 26.2 Å². The summed E-state index contributed by atoms with van der Waals surface area (Å²) in [5, 5.41) is 5.96. The van der Waals surface area contributed by atoms with Gasteiger partial charge in [-0.2, -0.15) is 0 Å². The van der Waals surface area contributed by atoms with Gasteiger partial charge in [-0.3, -0.25) is 9.69 Å². The van der Waals surface area contributed by atoms with E-state index >= 15 is 0 Å². The molecule has 1 aromatic carbocycles. The number of benzene rings is 1. The average molecular weight is 375 g/mol. The maximum absolute atomic E-state index is 13.1. The second-order valence-electron chi connectivity index (χ2n) is 6.97. The molecule has 0 radical (unpaired) electrons. The maximum Gasteiger partial charge on any atom is 0.222 e. The summed E-state index contributed by atoms with van der Waals surface area (Å²) in [5.41, 5.74) is 1.53. The lowest BCUT2D eigenvalue weighted by molar-refractivity contribution is -0.128. The van der Waals surface area contributed by atoms with Gasteiger partial charge in [0.1, 0.15) is 10.8 Å². The van der Waals surface area contributed by atoms with Gasteiger partial charge in [0, 0.05) is 30.6 Å². The fourth-order valence-corrected chi connectivity index (χ4v) is 4.48. The summed E-state index contributed by atoms with van der Waals surface area (Å²) in [6, 6.07) is 6.43. The smallest absolute Gasteiger partial charge is 0.222 e. The number of carbonyl (C=O) groups excluding carboxylic acids is 1. The molecular weight excluding hydrogens is 353 g/mol. The molecule has 0 saturated carbocycles.